The van der Waals surface area contributed by atoms with Gasteiger partial charge in [0.15, 0.2) is 11.5 Å². The monoisotopic (exact) mass is 392 g/mol. The lowest BCUT2D eigenvalue weighted by Gasteiger charge is -2.12. The van der Waals surface area contributed by atoms with Gasteiger partial charge in [-0.2, -0.15) is 5.10 Å². The number of carbonyl (C=O) groups is 3. The van der Waals surface area contributed by atoms with Crippen LogP contribution in [0, 0.1) is 0 Å². The Morgan fingerprint density at radius 3 is 2.79 bits per heavy atom. The zero-order chi connectivity index (χ0) is 20.4. The Morgan fingerprint density at radius 2 is 2.11 bits per heavy atom. The summed E-state index contributed by atoms with van der Waals surface area (Å²) in [4.78, 5) is 33.9. The summed E-state index contributed by atoms with van der Waals surface area (Å²) in [6.45, 7) is 2.44. The minimum Gasteiger partial charge on any atom is -0.546 e. The third kappa shape index (κ3) is 6.88. The van der Waals surface area contributed by atoms with E-state index in [4.69, 9.17) is 14.2 Å². The Hall–Kier alpha value is -3.14. The van der Waals surface area contributed by atoms with Crippen LogP contribution in [0.3, 0.4) is 0 Å². The van der Waals surface area contributed by atoms with Crippen LogP contribution >= 0.6 is 0 Å². The number of hydrazone groups is 1. The summed E-state index contributed by atoms with van der Waals surface area (Å²) in [6, 6.07) is 4.65. The summed E-state index contributed by atoms with van der Waals surface area (Å²) in [7, 11) is 0. The van der Waals surface area contributed by atoms with Gasteiger partial charge in [-0.3, -0.25) is 9.59 Å². The fraction of sp³-hybridized carbons (Fsp3) is 0.444. The predicted molar refractivity (Wildman–Crippen MR) is 95.8 cm³/mol. The van der Waals surface area contributed by atoms with E-state index in [1.807, 2.05) is 0 Å². The lowest BCUT2D eigenvalue weighted by Crippen LogP contribution is -2.41. The summed E-state index contributed by atoms with van der Waals surface area (Å²) in [5.74, 6) is -2.50. The number of benzene rings is 1. The van der Waals surface area contributed by atoms with Crippen molar-refractivity contribution in [3.05, 3.63) is 23.8 Å². The standard InChI is InChI=1S/C18H23N3O7/c1-2-26-15-8-12(5-6-14(15)28-11-16(22)23)9-20-21-18(25)17(24)19-10-13-4-3-7-27-13/h5-6,8-9,13H,2-4,7,10-11H2,1H3,(H,19,24)(H,21,25)(H,22,23)/p-1/b20-9-/t13-/m0/s1. The van der Waals surface area contributed by atoms with Gasteiger partial charge in [0.1, 0.15) is 6.61 Å². The van der Waals surface area contributed by atoms with Gasteiger partial charge in [0, 0.05) is 13.2 Å². The zero-order valence-electron chi connectivity index (χ0n) is 15.4. The molecule has 0 aliphatic carbocycles. The largest absolute Gasteiger partial charge is 0.546 e. The van der Waals surface area contributed by atoms with Crippen LogP contribution in [-0.2, 0) is 19.1 Å². The third-order valence-corrected chi connectivity index (χ3v) is 3.71. The first-order valence-corrected chi connectivity index (χ1v) is 8.82. The van der Waals surface area contributed by atoms with Crippen molar-refractivity contribution in [2.24, 2.45) is 5.10 Å². The molecular formula is C18H22N3O7-. The van der Waals surface area contributed by atoms with Gasteiger partial charge in [-0.1, -0.05) is 0 Å². The Morgan fingerprint density at radius 1 is 1.29 bits per heavy atom. The lowest BCUT2D eigenvalue weighted by molar-refractivity contribution is -0.307. The second-order valence-corrected chi connectivity index (χ2v) is 5.84. The molecule has 0 bridgehead atoms. The van der Waals surface area contributed by atoms with Gasteiger partial charge in [-0.25, -0.2) is 5.43 Å². The summed E-state index contributed by atoms with van der Waals surface area (Å²) in [5.41, 5.74) is 2.68. The molecule has 1 aromatic carbocycles. The number of carboxylic acid groups (broad SMARTS) is 1. The van der Waals surface area contributed by atoms with Gasteiger partial charge in [-0.05, 0) is 43.5 Å². The number of ether oxygens (including phenoxy) is 3. The van der Waals surface area contributed by atoms with Crippen LogP contribution in [0.25, 0.3) is 0 Å². The molecule has 1 aliphatic rings. The highest BCUT2D eigenvalue weighted by Gasteiger charge is 2.18. The van der Waals surface area contributed by atoms with E-state index in [1.54, 1.807) is 19.1 Å². The van der Waals surface area contributed by atoms with Gasteiger partial charge < -0.3 is 29.4 Å². The maximum Gasteiger partial charge on any atom is 0.329 e. The normalized spacial score (nSPS) is 16.0. The van der Waals surface area contributed by atoms with E-state index in [0.29, 0.717) is 24.5 Å². The number of carboxylic acids is 1. The quantitative estimate of drug-likeness (QED) is 0.311. The first-order valence-electron chi connectivity index (χ1n) is 8.82. The molecule has 1 atom stereocenters. The number of amides is 2. The Balaban J connectivity index is 1.87. The van der Waals surface area contributed by atoms with E-state index < -0.39 is 24.4 Å². The molecule has 2 rings (SSSR count). The second-order valence-electron chi connectivity index (χ2n) is 5.84. The molecule has 1 fully saturated rings. The molecular weight excluding hydrogens is 370 g/mol. The van der Waals surface area contributed by atoms with E-state index in [0.717, 1.165) is 12.8 Å². The highest BCUT2D eigenvalue weighted by molar-refractivity contribution is 6.35. The maximum absolute atomic E-state index is 11.7. The molecule has 1 aliphatic heterocycles. The van der Waals surface area contributed by atoms with Crippen molar-refractivity contribution in [3.63, 3.8) is 0 Å². The number of nitrogens with zero attached hydrogens (tertiary/aromatic N) is 1. The van der Waals surface area contributed by atoms with E-state index in [9.17, 15) is 19.5 Å². The maximum atomic E-state index is 11.7. The van der Waals surface area contributed by atoms with E-state index >= 15 is 0 Å². The molecule has 152 valence electrons. The van der Waals surface area contributed by atoms with Crippen molar-refractivity contribution >= 4 is 24.0 Å². The molecule has 0 unspecified atom stereocenters. The molecule has 1 saturated heterocycles. The fourth-order valence-corrected chi connectivity index (χ4v) is 2.44. The molecule has 10 heteroatoms. The molecule has 1 heterocycles. The molecule has 10 nitrogen and oxygen atoms in total. The van der Waals surface area contributed by atoms with Crippen LogP contribution in [-0.4, -0.2) is 56.5 Å². The molecule has 0 spiro atoms. The van der Waals surface area contributed by atoms with Crippen LogP contribution in [0.15, 0.2) is 23.3 Å². The van der Waals surface area contributed by atoms with Crippen molar-refractivity contribution in [2.75, 3.05) is 26.4 Å². The van der Waals surface area contributed by atoms with Crippen molar-refractivity contribution in [1.82, 2.24) is 10.7 Å². The Bertz CT molecular complexity index is 730. The molecule has 2 N–H and O–H groups in total. The molecule has 1 aromatic rings. The highest BCUT2D eigenvalue weighted by atomic mass is 16.5. The topological polar surface area (TPSA) is 138 Å². The van der Waals surface area contributed by atoms with Crippen molar-refractivity contribution < 1.29 is 33.7 Å². The smallest absolute Gasteiger partial charge is 0.329 e. The Kier molecular flexibility index (Phi) is 8.22. The first kappa shape index (κ1) is 21.2. The van der Waals surface area contributed by atoms with Crippen molar-refractivity contribution in [3.8, 4) is 11.5 Å². The third-order valence-electron chi connectivity index (χ3n) is 3.71. The van der Waals surface area contributed by atoms with Crippen LogP contribution in [0.5, 0.6) is 11.5 Å². The molecule has 0 radical (unpaired) electrons. The minimum atomic E-state index is -1.35. The van der Waals surface area contributed by atoms with Gasteiger partial charge in [0.25, 0.3) is 0 Å². The fourth-order valence-electron chi connectivity index (χ4n) is 2.44. The van der Waals surface area contributed by atoms with Crippen LogP contribution < -0.4 is 25.3 Å². The van der Waals surface area contributed by atoms with Crippen molar-refractivity contribution in [1.29, 1.82) is 0 Å². The predicted octanol–water partition coefficient (Wildman–Crippen LogP) is -1.04. The second kappa shape index (κ2) is 10.9. The SMILES string of the molecule is CCOc1cc(/C=N\NC(=O)C(=O)NC[C@@H]2CCCO2)ccc1OCC(=O)[O-]. The number of hydrogen-bond acceptors (Lipinski definition) is 8. The van der Waals surface area contributed by atoms with Gasteiger partial charge in [-0.15, -0.1) is 0 Å². The summed E-state index contributed by atoms with van der Waals surface area (Å²) < 4.78 is 15.8. The van der Waals surface area contributed by atoms with Crippen molar-refractivity contribution in [2.45, 2.75) is 25.9 Å². The minimum absolute atomic E-state index is 0.0603. The molecule has 0 aromatic heterocycles. The van der Waals surface area contributed by atoms with E-state index in [-0.39, 0.29) is 18.4 Å². The number of hydrogen-bond donors (Lipinski definition) is 2. The molecule has 0 saturated carbocycles. The average Bonchev–Trinajstić information content (AvgIpc) is 3.19. The molecule has 28 heavy (non-hydrogen) atoms. The van der Waals surface area contributed by atoms with Crippen LogP contribution in [0.1, 0.15) is 25.3 Å². The number of rotatable bonds is 9. The van der Waals surface area contributed by atoms with Crippen LogP contribution in [0.4, 0.5) is 0 Å². The van der Waals surface area contributed by atoms with Gasteiger partial charge in [0.2, 0.25) is 0 Å². The van der Waals surface area contributed by atoms with E-state index in [2.05, 4.69) is 15.8 Å². The van der Waals surface area contributed by atoms with Crippen LogP contribution in [0.2, 0.25) is 0 Å². The summed E-state index contributed by atoms with van der Waals surface area (Å²) >= 11 is 0. The van der Waals surface area contributed by atoms with Gasteiger partial charge in [0.05, 0.1) is 24.9 Å². The lowest BCUT2D eigenvalue weighted by atomic mass is 10.2. The zero-order valence-corrected chi connectivity index (χ0v) is 15.4. The summed E-state index contributed by atoms with van der Waals surface area (Å²) in [5, 5.41) is 16.7. The van der Waals surface area contributed by atoms with Gasteiger partial charge >= 0.3 is 11.8 Å². The number of carbonyl (C=O) groups excluding carboxylic acids is 3. The summed E-state index contributed by atoms with van der Waals surface area (Å²) in [6.07, 6.45) is 3.05. The number of nitrogens with one attached hydrogen (secondary N) is 2. The number of aliphatic carboxylic acids is 1. The highest BCUT2D eigenvalue weighted by Crippen LogP contribution is 2.27. The Labute approximate surface area is 161 Å². The first-order chi connectivity index (χ1) is 13.5. The average molecular weight is 392 g/mol. The van der Waals surface area contributed by atoms with E-state index in [1.165, 1.54) is 12.3 Å². The molecule has 2 amide bonds.